The molecule has 0 saturated carbocycles. The van der Waals surface area contributed by atoms with Crippen LogP contribution in [0.4, 0.5) is 0 Å². The van der Waals surface area contributed by atoms with Gasteiger partial charge in [0.2, 0.25) is 5.91 Å². The average Bonchev–Trinajstić information content (AvgIpc) is 2.88. The van der Waals surface area contributed by atoms with E-state index in [1.807, 2.05) is 39.0 Å². The van der Waals surface area contributed by atoms with Crippen molar-refractivity contribution >= 4 is 46.7 Å². The number of carbonyl (C=O) groups is 1. The fourth-order valence-electron chi connectivity index (χ4n) is 2.25. The number of nitrogens with zero attached hydrogens (tertiary/aromatic N) is 1. The first-order valence-electron chi connectivity index (χ1n) is 7.69. The van der Waals surface area contributed by atoms with Crippen LogP contribution < -0.4 is 16.0 Å². The molecule has 132 valence electrons. The molecule has 2 aromatic rings. The summed E-state index contributed by atoms with van der Waals surface area (Å²) in [4.78, 5) is 19.3. The molecule has 0 unspecified atom stereocenters. The molecule has 6 nitrogen and oxygen atoms in total. The summed E-state index contributed by atoms with van der Waals surface area (Å²) in [6.07, 6.45) is 0. The molecule has 1 aromatic heterocycles. The number of aromatic nitrogens is 1. The minimum Gasteiger partial charge on any atom is -0.357 e. The van der Waals surface area contributed by atoms with E-state index in [1.165, 1.54) is 5.39 Å². The minimum absolute atomic E-state index is 0. The zero-order valence-corrected chi connectivity index (χ0v) is 16.9. The van der Waals surface area contributed by atoms with Crippen molar-refractivity contribution in [2.24, 2.45) is 4.99 Å². The molecule has 0 fully saturated rings. The van der Waals surface area contributed by atoms with Gasteiger partial charge in [0.15, 0.2) is 5.96 Å². The maximum absolute atomic E-state index is 11.8. The lowest BCUT2D eigenvalue weighted by Gasteiger charge is -2.21. The Labute approximate surface area is 159 Å². The fourth-order valence-corrected chi connectivity index (χ4v) is 2.25. The molecular formula is C17H26IN5O. The third kappa shape index (κ3) is 6.38. The zero-order valence-electron chi connectivity index (χ0n) is 14.6. The summed E-state index contributed by atoms with van der Waals surface area (Å²) in [7, 11) is 1.68. The molecule has 0 aliphatic heterocycles. The molecule has 0 aliphatic carbocycles. The second-order valence-corrected chi connectivity index (χ2v) is 6.46. The van der Waals surface area contributed by atoms with Crippen molar-refractivity contribution in [1.82, 2.24) is 20.9 Å². The van der Waals surface area contributed by atoms with Crippen LogP contribution in [0.25, 0.3) is 10.9 Å². The van der Waals surface area contributed by atoms with E-state index in [0.717, 1.165) is 11.2 Å². The molecular weight excluding hydrogens is 417 g/mol. The number of guanidine groups is 1. The number of carbonyl (C=O) groups excluding carboxylic acids is 1. The number of hydrogen-bond acceptors (Lipinski definition) is 2. The number of aromatic amines is 1. The van der Waals surface area contributed by atoms with Crippen LogP contribution in [0, 0.1) is 0 Å². The summed E-state index contributed by atoms with van der Waals surface area (Å²) in [5.41, 5.74) is 1.94. The Morgan fingerprint density at radius 1 is 1.21 bits per heavy atom. The van der Waals surface area contributed by atoms with Crippen molar-refractivity contribution in [2.45, 2.75) is 32.9 Å². The van der Waals surface area contributed by atoms with Gasteiger partial charge in [0.1, 0.15) is 0 Å². The molecule has 1 amide bonds. The second-order valence-electron chi connectivity index (χ2n) is 6.46. The summed E-state index contributed by atoms with van der Waals surface area (Å²) in [5, 5.41) is 10.3. The van der Waals surface area contributed by atoms with E-state index in [0.29, 0.717) is 12.5 Å². The SMILES string of the molecule is CN=C(NCC(=O)NC(C)(C)C)NCc1cc2ccccc2[nH]1.I. The molecule has 1 heterocycles. The average molecular weight is 443 g/mol. The Kier molecular flexibility index (Phi) is 7.53. The van der Waals surface area contributed by atoms with Gasteiger partial charge in [-0.3, -0.25) is 9.79 Å². The number of benzene rings is 1. The summed E-state index contributed by atoms with van der Waals surface area (Å²) < 4.78 is 0. The molecule has 0 saturated heterocycles. The van der Waals surface area contributed by atoms with Gasteiger partial charge in [-0.15, -0.1) is 24.0 Å². The minimum atomic E-state index is -0.236. The second kappa shape index (κ2) is 8.91. The van der Waals surface area contributed by atoms with E-state index >= 15 is 0 Å². The molecule has 0 radical (unpaired) electrons. The van der Waals surface area contributed by atoms with Gasteiger partial charge in [-0.1, -0.05) is 18.2 Å². The first-order valence-corrected chi connectivity index (χ1v) is 7.69. The van der Waals surface area contributed by atoms with E-state index in [1.54, 1.807) is 7.05 Å². The smallest absolute Gasteiger partial charge is 0.239 e. The lowest BCUT2D eigenvalue weighted by Crippen LogP contribution is -2.48. The number of nitrogens with one attached hydrogen (secondary N) is 4. The molecule has 24 heavy (non-hydrogen) atoms. The van der Waals surface area contributed by atoms with E-state index in [9.17, 15) is 4.79 Å². The van der Waals surface area contributed by atoms with Crippen molar-refractivity contribution < 1.29 is 4.79 Å². The summed E-state index contributed by atoms with van der Waals surface area (Å²) in [6, 6.07) is 10.2. The number of fused-ring (bicyclic) bond motifs is 1. The number of aliphatic imine (C=N–C) groups is 1. The Balaban J connectivity index is 0.00000288. The largest absolute Gasteiger partial charge is 0.357 e. The first-order chi connectivity index (χ1) is 10.9. The van der Waals surface area contributed by atoms with Gasteiger partial charge in [0, 0.05) is 23.8 Å². The lowest BCUT2D eigenvalue weighted by atomic mass is 10.1. The molecule has 0 spiro atoms. The van der Waals surface area contributed by atoms with E-state index in [-0.39, 0.29) is 42.0 Å². The predicted octanol–water partition coefficient (Wildman–Crippen LogP) is 2.37. The van der Waals surface area contributed by atoms with E-state index in [4.69, 9.17) is 0 Å². The van der Waals surface area contributed by atoms with Crippen molar-refractivity contribution in [3.63, 3.8) is 0 Å². The standard InChI is InChI=1S/C17H25N5O.HI/c1-17(2,3)22-15(23)11-20-16(18-4)19-10-13-9-12-7-5-6-8-14(12)21-13;/h5-9,21H,10-11H2,1-4H3,(H,22,23)(H2,18,19,20);1H. The highest BCUT2D eigenvalue weighted by Crippen LogP contribution is 2.14. The normalized spacial score (nSPS) is 11.8. The third-order valence-corrected chi connectivity index (χ3v) is 3.19. The van der Waals surface area contributed by atoms with Crippen molar-refractivity contribution in [3.05, 3.63) is 36.0 Å². The predicted molar refractivity (Wildman–Crippen MR) is 110 cm³/mol. The fraction of sp³-hybridized carbons (Fsp3) is 0.412. The number of amides is 1. The molecule has 0 atom stereocenters. The first kappa shape index (κ1) is 20.3. The number of H-pyrrole nitrogens is 1. The molecule has 1 aromatic carbocycles. The van der Waals surface area contributed by atoms with Crippen molar-refractivity contribution in [1.29, 1.82) is 0 Å². The van der Waals surface area contributed by atoms with E-state index in [2.05, 4.69) is 38.1 Å². The Morgan fingerprint density at radius 2 is 1.92 bits per heavy atom. The number of rotatable bonds is 4. The number of hydrogen-bond donors (Lipinski definition) is 4. The van der Waals surface area contributed by atoms with Gasteiger partial charge in [-0.25, -0.2) is 0 Å². The highest BCUT2D eigenvalue weighted by atomic mass is 127. The van der Waals surface area contributed by atoms with Crippen LogP contribution in [0.3, 0.4) is 0 Å². The van der Waals surface area contributed by atoms with Gasteiger partial charge in [-0.2, -0.15) is 0 Å². The van der Waals surface area contributed by atoms with Crippen molar-refractivity contribution in [3.8, 4) is 0 Å². The highest BCUT2D eigenvalue weighted by molar-refractivity contribution is 14.0. The summed E-state index contributed by atoms with van der Waals surface area (Å²) >= 11 is 0. The van der Waals surface area contributed by atoms with Gasteiger partial charge in [-0.05, 0) is 38.3 Å². The highest BCUT2D eigenvalue weighted by Gasteiger charge is 2.13. The van der Waals surface area contributed by atoms with Gasteiger partial charge < -0.3 is 20.9 Å². The quantitative estimate of drug-likeness (QED) is 0.333. The molecule has 7 heteroatoms. The van der Waals surface area contributed by atoms with Crippen LogP contribution >= 0.6 is 24.0 Å². The summed E-state index contributed by atoms with van der Waals surface area (Å²) in [6.45, 7) is 6.65. The van der Waals surface area contributed by atoms with Crippen molar-refractivity contribution in [2.75, 3.05) is 13.6 Å². The van der Waals surface area contributed by atoms with Gasteiger partial charge in [0.25, 0.3) is 0 Å². The van der Waals surface area contributed by atoms with Gasteiger partial charge >= 0.3 is 0 Å². The van der Waals surface area contributed by atoms with Crippen LogP contribution in [0.2, 0.25) is 0 Å². The molecule has 0 aliphatic rings. The van der Waals surface area contributed by atoms with Gasteiger partial charge in [0.05, 0.1) is 13.1 Å². The van der Waals surface area contributed by atoms with Crippen LogP contribution in [0.5, 0.6) is 0 Å². The topological polar surface area (TPSA) is 81.3 Å². The molecule has 2 rings (SSSR count). The monoisotopic (exact) mass is 443 g/mol. The van der Waals surface area contributed by atoms with Crippen LogP contribution in [-0.2, 0) is 11.3 Å². The number of para-hydroxylation sites is 1. The lowest BCUT2D eigenvalue weighted by molar-refractivity contribution is -0.121. The maximum Gasteiger partial charge on any atom is 0.239 e. The summed E-state index contributed by atoms with van der Waals surface area (Å²) in [5.74, 6) is 0.527. The van der Waals surface area contributed by atoms with Crippen LogP contribution in [0.1, 0.15) is 26.5 Å². The Hall–Kier alpha value is -1.77. The Morgan fingerprint density at radius 3 is 2.54 bits per heavy atom. The van der Waals surface area contributed by atoms with Crippen LogP contribution in [0.15, 0.2) is 35.3 Å². The third-order valence-electron chi connectivity index (χ3n) is 3.19. The van der Waals surface area contributed by atoms with E-state index < -0.39 is 0 Å². The zero-order chi connectivity index (χ0) is 16.9. The number of halogens is 1. The maximum atomic E-state index is 11.8. The van der Waals surface area contributed by atoms with Crippen LogP contribution in [-0.4, -0.2) is 36.0 Å². The molecule has 4 N–H and O–H groups in total. The Bertz CT molecular complexity index is 669. The molecule has 0 bridgehead atoms.